The zero-order chi connectivity index (χ0) is 18.4. The highest BCUT2D eigenvalue weighted by Crippen LogP contribution is 2.31. The quantitative estimate of drug-likeness (QED) is 0.548. The Kier molecular flexibility index (Phi) is 6.12. The molecule has 0 aliphatic rings. The van der Waals surface area contributed by atoms with E-state index in [0.29, 0.717) is 5.11 Å². The number of methoxy groups -OCH3 is 1. The van der Waals surface area contributed by atoms with E-state index < -0.39 is 0 Å². The molecule has 0 unspecified atom stereocenters. The van der Waals surface area contributed by atoms with Crippen LogP contribution in [0.5, 0.6) is 5.75 Å². The summed E-state index contributed by atoms with van der Waals surface area (Å²) in [4.78, 5) is 3.38. The fourth-order valence-corrected chi connectivity index (χ4v) is 3.31. The molecule has 1 aromatic heterocycles. The largest absolute Gasteiger partial charge is 0.497 e. The number of thiocarbonyl (C=S) groups is 1. The van der Waals surface area contributed by atoms with E-state index in [-0.39, 0.29) is 5.92 Å². The van der Waals surface area contributed by atoms with E-state index in [1.165, 1.54) is 16.5 Å². The van der Waals surface area contributed by atoms with Gasteiger partial charge in [-0.2, -0.15) is 0 Å². The Hall–Kier alpha value is -2.53. The van der Waals surface area contributed by atoms with E-state index in [9.17, 15) is 0 Å². The number of benzene rings is 2. The molecule has 5 heteroatoms. The summed E-state index contributed by atoms with van der Waals surface area (Å²) in [5, 5.41) is 8.54. The van der Waals surface area contributed by atoms with Gasteiger partial charge in [0.05, 0.1) is 7.11 Å². The average Bonchev–Trinajstić information content (AvgIpc) is 3.11. The molecule has 4 nitrogen and oxygen atoms in total. The second kappa shape index (κ2) is 8.72. The van der Waals surface area contributed by atoms with Gasteiger partial charge < -0.3 is 20.4 Å². The van der Waals surface area contributed by atoms with Crippen molar-refractivity contribution in [3.8, 4) is 5.75 Å². The lowest BCUT2D eigenvalue weighted by Crippen LogP contribution is -2.38. The number of hydrogen-bond donors (Lipinski definition) is 3. The fourth-order valence-electron chi connectivity index (χ4n) is 3.12. The van der Waals surface area contributed by atoms with Gasteiger partial charge in [-0.3, -0.25) is 0 Å². The van der Waals surface area contributed by atoms with Crippen LogP contribution in [0.1, 0.15) is 30.4 Å². The monoisotopic (exact) mass is 367 g/mol. The number of fused-ring (bicyclic) bond motifs is 1. The summed E-state index contributed by atoms with van der Waals surface area (Å²) in [7, 11) is 1.69. The number of hydrogen-bond acceptors (Lipinski definition) is 2. The predicted octanol–water partition coefficient (Wildman–Crippen LogP) is 4.18. The molecule has 0 saturated carbocycles. The van der Waals surface area contributed by atoms with Crippen molar-refractivity contribution in [2.24, 2.45) is 0 Å². The van der Waals surface area contributed by atoms with Crippen LogP contribution < -0.4 is 15.4 Å². The lowest BCUT2D eigenvalue weighted by molar-refractivity contribution is 0.414. The van der Waals surface area contributed by atoms with Gasteiger partial charge >= 0.3 is 0 Å². The minimum Gasteiger partial charge on any atom is -0.497 e. The SMILES string of the molecule is CCCNC(=S)NC[C@@H](c1ccc(OC)cc1)c1c[nH]c2ccccc12. The van der Waals surface area contributed by atoms with Crippen LogP contribution in [0.4, 0.5) is 0 Å². The first kappa shape index (κ1) is 18.3. The first-order valence-electron chi connectivity index (χ1n) is 8.94. The standard InChI is InChI=1S/C21H25N3OS/c1-3-12-22-21(26)24-13-18(15-8-10-16(25-2)11-9-15)19-14-23-20-7-5-4-6-17(19)20/h4-11,14,18,23H,3,12-13H2,1-2H3,(H2,22,24,26)/t18-/m0/s1. The van der Waals surface area contributed by atoms with Gasteiger partial charge in [0.15, 0.2) is 5.11 Å². The van der Waals surface area contributed by atoms with Crippen molar-refractivity contribution in [1.82, 2.24) is 15.6 Å². The van der Waals surface area contributed by atoms with Crippen LogP contribution >= 0.6 is 12.2 Å². The lowest BCUT2D eigenvalue weighted by Gasteiger charge is -2.20. The molecule has 1 atom stereocenters. The van der Waals surface area contributed by atoms with Crippen LogP contribution in [0.25, 0.3) is 10.9 Å². The molecule has 0 amide bonds. The van der Waals surface area contributed by atoms with Crippen LogP contribution in [0, 0.1) is 0 Å². The van der Waals surface area contributed by atoms with Crippen molar-refractivity contribution in [1.29, 1.82) is 0 Å². The molecule has 0 aliphatic heterocycles. The van der Waals surface area contributed by atoms with Gasteiger partial charge in [-0.25, -0.2) is 0 Å². The first-order chi connectivity index (χ1) is 12.7. The molecule has 0 spiro atoms. The topological polar surface area (TPSA) is 49.1 Å². The van der Waals surface area contributed by atoms with Gasteiger partial charge in [0.1, 0.15) is 5.75 Å². The summed E-state index contributed by atoms with van der Waals surface area (Å²) in [6.07, 6.45) is 3.15. The molecule has 136 valence electrons. The van der Waals surface area contributed by atoms with E-state index in [4.69, 9.17) is 17.0 Å². The summed E-state index contributed by atoms with van der Waals surface area (Å²) in [6.45, 7) is 3.73. The Morgan fingerprint density at radius 3 is 2.62 bits per heavy atom. The third-order valence-electron chi connectivity index (χ3n) is 4.52. The van der Waals surface area contributed by atoms with Gasteiger partial charge in [0, 0.05) is 36.1 Å². The minimum atomic E-state index is 0.179. The molecule has 3 aromatic rings. The molecule has 0 radical (unpaired) electrons. The highest BCUT2D eigenvalue weighted by Gasteiger charge is 2.18. The zero-order valence-corrected chi connectivity index (χ0v) is 16.0. The normalized spacial score (nSPS) is 11.9. The van der Waals surface area contributed by atoms with Gasteiger partial charge in [-0.15, -0.1) is 0 Å². The molecule has 26 heavy (non-hydrogen) atoms. The number of para-hydroxylation sites is 1. The van der Waals surface area contributed by atoms with Crippen LogP contribution in [-0.4, -0.2) is 30.3 Å². The minimum absolute atomic E-state index is 0.179. The molecule has 1 heterocycles. The number of H-pyrrole nitrogens is 1. The second-order valence-corrected chi connectivity index (χ2v) is 6.66. The number of ether oxygens (including phenoxy) is 1. The number of rotatable bonds is 7. The maximum Gasteiger partial charge on any atom is 0.166 e. The highest BCUT2D eigenvalue weighted by atomic mass is 32.1. The third kappa shape index (κ3) is 4.17. The zero-order valence-electron chi connectivity index (χ0n) is 15.2. The number of nitrogens with one attached hydrogen (secondary N) is 3. The van der Waals surface area contributed by atoms with Crippen molar-refractivity contribution in [3.05, 3.63) is 65.9 Å². The molecular formula is C21H25N3OS. The van der Waals surface area contributed by atoms with Crippen LogP contribution in [0.15, 0.2) is 54.7 Å². The summed E-state index contributed by atoms with van der Waals surface area (Å²) in [5.74, 6) is 1.04. The van der Waals surface area contributed by atoms with E-state index in [2.05, 4.69) is 59.1 Å². The van der Waals surface area contributed by atoms with Gasteiger partial charge in [-0.1, -0.05) is 37.3 Å². The predicted molar refractivity (Wildman–Crippen MR) is 112 cm³/mol. The second-order valence-electron chi connectivity index (χ2n) is 6.25. The van der Waals surface area contributed by atoms with Gasteiger partial charge in [-0.05, 0) is 48.0 Å². The van der Waals surface area contributed by atoms with Crippen molar-refractivity contribution in [2.45, 2.75) is 19.3 Å². The Morgan fingerprint density at radius 1 is 1.12 bits per heavy atom. The summed E-state index contributed by atoms with van der Waals surface area (Å²) in [5.41, 5.74) is 3.63. The Balaban J connectivity index is 1.89. The molecule has 0 fully saturated rings. The van der Waals surface area contributed by atoms with Crippen LogP contribution in [-0.2, 0) is 0 Å². The third-order valence-corrected chi connectivity index (χ3v) is 4.81. The Morgan fingerprint density at radius 2 is 1.88 bits per heavy atom. The smallest absolute Gasteiger partial charge is 0.166 e. The van der Waals surface area contributed by atoms with Gasteiger partial charge in [0.2, 0.25) is 0 Å². The summed E-state index contributed by atoms with van der Waals surface area (Å²) >= 11 is 5.40. The molecule has 3 rings (SSSR count). The molecular weight excluding hydrogens is 342 g/mol. The van der Waals surface area contributed by atoms with Crippen molar-refractivity contribution >= 4 is 28.2 Å². The van der Waals surface area contributed by atoms with Crippen molar-refractivity contribution in [2.75, 3.05) is 20.2 Å². The average molecular weight is 368 g/mol. The first-order valence-corrected chi connectivity index (χ1v) is 9.35. The maximum absolute atomic E-state index is 5.40. The van der Waals surface area contributed by atoms with Crippen molar-refractivity contribution in [3.63, 3.8) is 0 Å². The van der Waals surface area contributed by atoms with E-state index in [1.54, 1.807) is 7.11 Å². The van der Waals surface area contributed by atoms with Crippen LogP contribution in [0.2, 0.25) is 0 Å². The Labute approximate surface area is 160 Å². The molecule has 3 N–H and O–H groups in total. The van der Waals surface area contributed by atoms with E-state index in [1.807, 2.05) is 18.2 Å². The fraction of sp³-hybridized carbons (Fsp3) is 0.286. The van der Waals surface area contributed by atoms with Crippen molar-refractivity contribution < 1.29 is 4.74 Å². The number of aromatic nitrogens is 1. The van der Waals surface area contributed by atoms with Crippen LogP contribution in [0.3, 0.4) is 0 Å². The van der Waals surface area contributed by atoms with E-state index >= 15 is 0 Å². The van der Waals surface area contributed by atoms with E-state index in [0.717, 1.165) is 30.8 Å². The molecule has 2 aromatic carbocycles. The molecule has 0 aliphatic carbocycles. The number of aromatic amines is 1. The maximum atomic E-state index is 5.40. The molecule has 0 bridgehead atoms. The summed E-state index contributed by atoms with van der Waals surface area (Å²) < 4.78 is 5.30. The lowest BCUT2D eigenvalue weighted by atomic mass is 9.91. The summed E-state index contributed by atoms with van der Waals surface area (Å²) in [6, 6.07) is 16.6. The Bertz CT molecular complexity index is 857. The highest BCUT2D eigenvalue weighted by molar-refractivity contribution is 7.80. The van der Waals surface area contributed by atoms with Gasteiger partial charge in [0.25, 0.3) is 0 Å². The molecule has 0 saturated heterocycles.